The summed E-state index contributed by atoms with van der Waals surface area (Å²) in [7, 11) is 0. The number of hydrogen-bond acceptors (Lipinski definition) is 5. The Morgan fingerprint density at radius 3 is 2.30 bits per heavy atom. The zero-order valence-corrected chi connectivity index (χ0v) is 16.2. The molecule has 1 aromatic carbocycles. The van der Waals surface area contributed by atoms with E-state index in [0.717, 1.165) is 31.9 Å². The van der Waals surface area contributed by atoms with Crippen LogP contribution in [-0.2, 0) is 9.53 Å². The summed E-state index contributed by atoms with van der Waals surface area (Å²) in [4.78, 5) is 30.2. The molecule has 0 aromatic heterocycles. The Kier molecular flexibility index (Phi) is 6.92. The van der Waals surface area contributed by atoms with E-state index in [2.05, 4.69) is 27.2 Å². The van der Waals surface area contributed by atoms with Crippen molar-refractivity contribution in [3.05, 3.63) is 24.3 Å². The van der Waals surface area contributed by atoms with E-state index in [1.807, 2.05) is 19.1 Å². The molecule has 0 bridgehead atoms. The molecule has 27 heavy (non-hydrogen) atoms. The van der Waals surface area contributed by atoms with Crippen molar-refractivity contribution >= 4 is 23.4 Å². The standard InChI is InChI=1S/C20H30N4O3/c1-2-27-20(26)24-15-13-22(14-16-24)12-9-19(25)21-17-5-7-18(8-6-17)23-10-3-4-11-23/h5-8H,2-4,9-16H2,1H3,(H,21,25). The normalized spacial score (nSPS) is 17.8. The van der Waals surface area contributed by atoms with Crippen LogP contribution in [0.4, 0.5) is 16.2 Å². The van der Waals surface area contributed by atoms with Crippen molar-refractivity contribution in [2.24, 2.45) is 0 Å². The molecule has 0 radical (unpaired) electrons. The number of hydrogen-bond donors (Lipinski definition) is 1. The minimum Gasteiger partial charge on any atom is -0.450 e. The van der Waals surface area contributed by atoms with Crippen LogP contribution in [0.2, 0.25) is 0 Å². The average molecular weight is 374 g/mol. The van der Waals surface area contributed by atoms with Crippen LogP contribution >= 0.6 is 0 Å². The van der Waals surface area contributed by atoms with E-state index < -0.39 is 0 Å². The number of benzene rings is 1. The zero-order chi connectivity index (χ0) is 19.1. The van der Waals surface area contributed by atoms with Gasteiger partial charge in [-0.15, -0.1) is 0 Å². The molecule has 2 saturated heterocycles. The molecule has 0 spiro atoms. The van der Waals surface area contributed by atoms with Crippen LogP contribution in [0.1, 0.15) is 26.2 Å². The van der Waals surface area contributed by atoms with Crippen molar-refractivity contribution in [3.8, 4) is 0 Å². The van der Waals surface area contributed by atoms with Gasteiger partial charge < -0.3 is 19.9 Å². The van der Waals surface area contributed by atoms with Crippen molar-refractivity contribution in [2.75, 3.05) is 62.6 Å². The lowest BCUT2D eigenvalue weighted by atomic mass is 10.2. The Hall–Kier alpha value is -2.28. The molecule has 7 nitrogen and oxygen atoms in total. The molecular formula is C20H30N4O3. The van der Waals surface area contributed by atoms with Crippen LogP contribution in [0, 0.1) is 0 Å². The number of carbonyl (C=O) groups is 2. The van der Waals surface area contributed by atoms with Gasteiger partial charge in [0.2, 0.25) is 5.91 Å². The van der Waals surface area contributed by atoms with Crippen molar-refractivity contribution in [2.45, 2.75) is 26.2 Å². The van der Waals surface area contributed by atoms with Gasteiger partial charge in [0.25, 0.3) is 0 Å². The Morgan fingerprint density at radius 1 is 1.00 bits per heavy atom. The van der Waals surface area contributed by atoms with Crippen molar-refractivity contribution in [1.29, 1.82) is 0 Å². The van der Waals surface area contributed by atoms with E-state index >= 15 is 0 Å². The third-order valence-corrected chi connectivity index (χ3v) is 5.18. The number of amides is 2. The zero-order valence-electron chi connectivity index (χ0n) is 16.2. The Labute approximate surface area is 161 Å². The molecule has 0 saturated carbocycles. The lowest BCUT2D eigenvalue weighted by Crippen LogP contribution is -2.49. The molecule has 1 aromatic rings. The molecule has 2 amide bonds. The molecule has 0 unspecified atom stereocenters. The summed E-state index contributed by atoms with van der Waals surface area (Å²) in [5.74, 6) is 0.0248. The SMILES string of the molecule is CCOC(=O)N1CCN(CCC(=O)Nc2ccc(N3CCCC3)cc2)CC1. The van der Waals surface area contributed by atoms with Crippen LogP contribution < -0.4 is 10.2 Å². The van der Waals surface area contributed by atoms with Gasteiger partial charge in [0.1, 0.15) is 0 Å². The summed E-state index contributed by atoms with van der Waals surface area (Å²) in [6.45, 7) is 8.01. The first-order chi connectivity index (χ1) is 13.2. The fourth-order valence-electron chi connectivity index (χ4n) is 3.58. The summed E-state index contributed by atoms with van der Waals surface area (Å²) in [6.07, 6.45) is 2.72. The monoisotopic (exact) mass is 374 g/mol. The number of piperazine rings is 1. The fourth-order valence-corrected chi connectivity index (χ4v) is 3.58. The maximum absolute atomic E-state index is 12.2. The summed E-state index contributed by atoms with van der Waals surface area (Å²) >= 11 is 0. The van der Waals surface area contributed by atoms with Gasteiger partial charge in [0.15, 0.2) is 0 Å². The highest BCUT2D eigenvalue weighted by Gasteiger charge is 2.22. The van der Waals surface area contributed by atoms with Crippen LogP contribution in [0.15, 0.2) is 24.3 Å². The second-order valence-electron chi connectivity index (χ2n) is 7.07. The smallest absolute Gasteiger partial charge is 0.409 e. The third-order valence-electron chi connectivity index (χ3n) is 5.18. The third kappa shape index (κ3) is 5.60. The molecule has 0 aliphatic carbocycles. The number of ether oxygens (including phenoxy) is 1. The quantitative estimate of drug-likeness (QED) is 0.828. The minimum absolute atomic E-state index is 0.0248. The lowest BCUT2D eigenvalue weighted by molar-refractivity contribution is -0.116. The molecule has 0 atom stereocenters. The second-order valence-corrected chi connectivity index (χ2v) is 7.07. The molecule has 7 heteroatoms. The highest BCUT2D eigenvalue weighted by molar-refractivity contribution is 5.91. The average Bonchev–Trinajstić information content (AvgIpc) is 3.22. The molecule has 2 fully saturated rings. The van der Waals surface area contributed by atoms with E-state index in [1.165, 1.54) is 18.5 Å². The maximum Gasteiger partial charge on any atom is 0.409 e. The minimum atomic E-state index is -0.243. The van der Waals surface area contributed by atoms with Gasteiger partial charge in [-0.2, -0.15) is 0 Å². The van der Waals surface area contributed by atoms with Gasteiger partial charge in [0.05, 0.1) is 6.61 Å². The number of nitrogens with one attached hydrogen (secondary N) is 1. The number of rotatable bonds is 6. The molecule has 2 aliphatic rings. The predicted octanol–water partition coefficient (Wildman–Crippen LogP) is 2.39. The van der Waals surface area contributed by atoms with Crippen molar-refractivity contribution in [1.82, 2.24) is 9.80 Å². The van der Waals surface area contributed by atoms with Gasteiger partial charge in [-0.05, 0) is 44.0 Å². The van der Waals surface area contributed by atoms with E-state index in [4.69, 9.17) is 4.74 Å². The molecule has 148 valence electrons. The topological polar surface area (TPSA) is 65.1 Å². The lowest BCUT2D eigenvalue weighted by Gasteiger charge is -2.33. The fraction of sp³-hybridized carbons (Fsp3) is 0.600. The van der Waals surface area contributed by atoms with E-state index in [1.54, 1.807) is 4.90 Å². The van der Waals surface area contributed by atoms with Crippen LogP contribution in [0.5, 0.6) is 0 Å². The second kappa shape index (κ2) is 9.60. The molecule has 2 aliphatic heterocycles. The van der Waals surface area contributed by atoms with Crippen molar-refractivity contribution < 1.29 is 14.3 Å². The summed E-state index contributed by atoms with van der Waals surface area (Å²) in [5.41, 5.74) is 2.07. The number of anilines is 2. The van der Waals surface area contributed by atoms with Crippen LogP contribution in [0.3, 0.4) is 0 Å². The Bertz CT molecular complexity index is 621. The molecule has 2 heterocycles. The Morgan fingerprint density at radius 2 is 1.67 bits per heavy atom. The molecule has 3 rings (SSSR count). The summed E-state index contributed by atoms with van der Waals surface area (Å²) in [6, 6.07) is 8.11. The molecule has 1 N–H and O–H groups in total. The van der Waals surface area contributed by atoms with Gasteiger partial charge in [0, 0.05) is 63.6 Å². The number of nitrogens with zero attached hydrogens (tertiary/aromatic N) is 3. The van der Waals surface area contributed by atoms with E-state index in [-0.39, 0.29) is 12.0 Å². The van der Waals surface area contributed by atoms with Gasteiger partial charge in [-0.3, -0.25) is 9.69 Å². The van der Waals surface area contributed by atoms with E-state index in [9.17, 15) is 9.59 Å². The van der Waals surface area contributed by atoms with Crippen molar-refractivity contribution in [3.63, 3.8) is 0 Å². The van der Waals surface area contributed by atoms with Gasteiger partial charge in [-0.25, -0.2) is 4.79 Å². The van der Waals surface area contributed by atoms with Gasteiger partial charge in [-0.1, -0.05) is 0 Å². The van der Waals surface area contributed by atoms with Gasteiger partial charge >= 0.3 is 6.09 Å². The van der Waals surface area contributed by atoms with E-state index in [0.29, 0.717) is 32.7 Å². The largest absolute Gasteiger partial charge is 0.450 e. The summed E-state index contributed by atoms with van der Waals surface area (Å²) < 4.78 is 5.02. The first-order valence-electron chi connectivity index (χ1n) is 9.94. The maximum atomic E-state index is 12.2. The van der Waals surface area contributed by atoms with Crippen LogP contribution in [-0.4, -0.2) is 74.2 Å². The first kappa shape index (κ1) is 19.5. The highest BCUT2D eigenvalue weighted by Crippen LogP contribution is 2.22. The number of carbonyl (C=O) groups excluding carboxylic acids is 2. The first-order valence-corrected chi connectivity index (χ1v) is 9.94. The van der Waals surface area contributed by atoms with Crippen LogP contribution in [0.25, 0.3) is 0 Å². The molecular weight excluding hydrogens is 344 g/mol. The predicted molar refractivity (Wildman–Crippen MR) is 106 cm³/mol. The Balaban J connectivity index is 1.37. The summed E-state index contributed by atoms with van der Waals surface area (Å²) in [5, 5.41) is 2.97. The highest BCUT2D eigenvalue weighted by atomic mass is 16.6.